The molecular formula is C14H23NO3. The summed E-state index contributed by atoms with van der Waals surface area (Å²) in [5.74, 6) is 0.102. The molecule has 0 aliphatic rings. The Kier molecular flexibility index (Phi) is 7.05. The van der Waals surface area contributed by atoms with Crippen LogP contribution in [-0.2, 0) is 14.3 Å². The minimum Gasteiger partial charge on any atom is -0.449 e. The lowest BCUT2D eigenvalue weighted by atomic mass is 9.86. The van der Waals surface area contributed by atoms with E-state index in [0.29, 0.717) is 19.1 Å². The molecule has 0 rings (SSSR count). The molecule has 0 saturated carbocycles. The fourth-order valence-corrected chi connectivity index (χ4v) is 1.17. The Morgan fingerprint density at radius 1 is 1.44 bits per heavy atom. The second kappa shape index (κ2) is 7.71. The van der Waals surface area contributed by atoms with Crippen LogP contribution < -0.4 is 5.32 Å². The number of hydrogen-bond acceptors (Lipinski definition) is 3. The number of rotatable bonds is 8. The van der Waals surface area contributed by atoms with E-state index in [2.05, 4.69) is 18.5 Å². The van der Waals surface area contributed by atoms with Crippen LogP contribution in [0.1, 0.15) is 27.7 Å². The summed E-state index contributed by atoms with van der Waals surface area (Å²) in [6, 6.07) is 0. The fraction of sp³-hybridized carbons (Fsp3) is 0.500. The summed E-state index contributed by atoms with van der Waals surface area (Å²) in [7, 11) is 0. The molecule has 0 radical (unpaired) electrons. The number of nitrogens with one attached hydrogen (secondary N) is 1. The fourth-order valence-electron chi connectivity index (χ4n) is 1.17. The van der Waals surface area contributed by atoms with Gasteiger partial charge in [0.05, 0.1) is 12.9 Å². The molecule has 0 spiro atoms. The molecule has 0 aromatic heterocycles. The third kappa shape index (κ3) is 6.25. The van der Waals surface area contributed by atoms with Gasteiger partial charge in [-0.2, -0.15) is 0 Å². The van der Waals surface area contributed by atoms with Crippen LogP contribution in [0.25, 0.3) is 0 Å². The normalized spacial score (nSPS) is 11.9. The lowest BCUT2D eigenvalue weighted by Crippen LogP contribution is -2.24. The molecule has 0 heterocycles. The minimum atomic E-state index is -0.232. The van der Waals surface area contributed by atoms with Crippen molar-refractivity contribution in [2.24, 2.45) is 5.41 Å². The Morgan fingerprint density at radius 2 is 2.06 bits per heavy atom. The molecule has 0 atom stereocenters. The third-order valence-corrected chi connectivity index (χ3v) is 2.35. The standard InChI is InChI=1S/C14H23NO3/c1-7-17-10-14(5,6)11(3)9-13(18-8-2)15-12(4)16/h8-9H,2-3,7,10H2,1,4-6H3,(H,15,16)/b13-9-. The largest absolute Gasteiger partial charge is 0.449 e. The van der Waals surface area contributed by atoms with Crippen molar-refractivity contribution in [1.29, 1.82) is 0 Å². The van der Waals surface area contributed by atoms with E-state index >= 15 is 0 Å². The van der Waals surface area contributed by atoms with Gasteiger partial charge in [0.25, 0.3) is 0 Å². The van der Waals surface area contributed by atoms with E-state index in [9.17, 15) is 4.79 Å². The zero-order chi connectivity index (χ0) is 14.2. The molecule has 1 amide bonds. The van der Waals surface area contributed by atoms with Crippen molar-refractivity contribution in [1.82, 2.24) is 5.32 Å². The van der Waals surface area contributed by atoms with Gasteiger partial charge in [0.1, 0.15) is 0 Å². The Morgan fingerprint density at radius 3 is 2.50 bits per heavy atom. The van der Waals surface area contributed by atoms with Gasteiger partial charge >= 0.3 is 0 Å². The Labute approximate surface area is 109 Å². The first-order valence-electron chi connectivity index (χ1n) is 5.87. The highest BCUT2D eigenvalue weighted by molar-refractivity contribution is 5.74. The second-order valence-corrected chi connectivity index (χ2v) is 4.52. The average Bonchev–Trinajstić information content (AvgIpc) is 2.25. The summed E-state index contributed by atoms with van der Waals surface area (Å²) in [5.41, 5.74) is 0.575. The first-order valence-corrected chi connectivity index (χ1v) is 5.87. The Hall–Kier alpha value is -1.55. The van der Waals surface area contributed by atoms with E-state index < -0.39 is 0 Å². The molecular weight excluding hydrogens is 230 g/mol. The first-order chi connectivity index (χ1) is 8.33. The molecule has 0 bridgehead atoms. The van der Waals surface area contributed by atoms with Crippen molar-refractivity contribution < 1.29 is 14.3 Å². The SMILES string of the molecule is C=CO/C(=C\C(=C)C(C)(C)COCC)NC(C)=O. The minimum absolute atomic E-state index is 0.210. The van der Waals surface area contributed by atoms with Crippen LogP contribution in [0.4, 0.5) is 0 Å². The predicted molar refractivity (Wildman–Crippen MR) is 72.6 cm³/mol. The van der Waals surface area contributed by atoms with Crippen LogP contribution in [0, 0.1) is 5.41 Å². The van der Waals surface area contributed by atoms with E-state index in [4.69, 9.17) is 9.47 Å². The summed E-state index contributed by atoms with van der Waals surface area (Å²) in [6.07, 6.45) is 2.94. The maximum Gasteiger partial charge on any atom is 0.223 e. The summed E-state index contributed by atoms with van der Waals surface area (Å²) in [6.45, 7) is 16.0. The van der Waals surface area contributed by atoms with Gasteiger partial charge in [-0.15, -0.1) is 0 Å². The first kappa shape index (κ1) is 16.4. The molecule has 0 fully saturated rings. The van der Waals surface area contributed by atoms with Crippen LogP contribution in [-0.4, -0.2) is 19.1 Å². The molecule has 0 aliphatic heterocycles. The van der Waals surface area contributed by atoms with E-state index in [-0.39, 0.29) is 11.3 Å². The van der Waals surface area contributed by atoms with Crippen LogP contribution in [0.15, 0.2) is 37.0 Å². The molecule has 0 unspecified atom stereocenters. The van der Waals surface area contributed by atoms with Crippen molar-refractivity contribution in [3.8, 4) is 0 Å². The van der Waals surface area contributed by atoms with E-state index in [1.54, 1.807) is 6.08 Å². The number of carbonyl (C=O) groups is 1. The van der Waals surface area contributed by atoms with E-state index in [0.717, 1.165) is 5.57 Å². The zero-order valence-electron chi connectivity index (χ0n) is 11.7. The molecule has 4 nitrogen and oxygen atoms in total. The zero-order valence-corrected chi connectivity index (χ0v) is 11.7. The van der Waals surface area contributed by atoms with Crippen LogP contribution in [0.2, 0.25) is 0 Å². The molecule has 18 heavy (non-hydrogen) atoms. The summed E-state index contributed by atoms with van der Waals surface area (Å²) < 4.78 is 10.5. The summed E-state index contributed by atoms with van der Waals surface area (Å²) in [4.78, 5) is 11.0. The molecule has 0 aliphatic carbocycles. The Bertz CT molecular complexity index is 343. The third-order valence-electron chi connectivity index (χ3n) is 2.35. The average molecular weight is 253 g/mol. The maximum atomic E-state index is 11.0. The van der Waals surface area contributed by atoms with Crippen LogP contribution in [0.5, 0.6) is 0 Å². The second-order valence-electron chi connectivity index (χ2n) is 4.52. The van der Waals surface area contributed by atoms with Crippen molar-refractivity contribution in [2.45, 2.75) is 27.7 Å². The predicted octanol–water partition coefficient (Wildman–Crippen LogP) is 2.74. The Balaban J connectivity index is 4.80. The number of allylic oxidation sites excluding steroid dienone is 1. The van der Waals surface area contributed by atoms with Crippen molar-refractivity contribution in [3.63, 3.8) is 0 Å². The summed E-state index contributed by atoms with van der Waals surface area (Å²) >= 11 is 0. The van der Waals surface area contributed by atoms with Gasteiger partial charge in [-0.05, 0) is 12.5 Å². The van der Waals surface area contributed by atoms with E-state index in [1.807, 2.05) is 20.8 Å². The van der Waals surface area contributed by atoms with Crippen molar-refractivity contribution in [3.05, 3.63) is 37.0 Å². The molecule has 0 aromatic rings. The van der Waals surface area contributed by atoms with Gasteiger partial charge in [0.15, 0.2) is 5.88 Å². The van der Waals surface area contributed by atoms with Crippen molar-refractivity contribution >= 4 is 5.91 Å². The number of hydrogen-bond donors (Lipinski definition) is 1. The highest BCUT2D eigenvalue weighted by atomic mass is 16.5. The monoisotopic (exact) mass is 253 g/mol. The highest BCUT2D eigenvalue weighted by Crippen LogP contribution is 2.27. The van der Waals surface area contributed by atoms with Gasteiger partial charge in [-0.3, -0.25) is 10.1 Å². The van der Waals surface area contributed by atoms with Crippen molar-refractivity contribution in [2.75, 3.05) is 13.2 Å². The molecule has 0 saturated heterocycles. The molecule has 4 heteroatoms. The highest BCUT2D eigenvalue weighted by Gasteiger charge is 2.21. The van der Waals surface area contributed by atoms with Gasteiger partial charge < -0.3 is 9.47 Å². The van der Waals surface area contributed by atoms with Crippen LogP contribution in [0.3, 0.4) is 0 Å². The topological polar surface area (TPSA) is 47.6 Å². The number of amides is 1. The van der Waals surface area contributed by atoms with Gasteiger partial charge in [0, 0.05) is 25.0 Å². The molecule has 1 N–H and O–H groups in total. The lowest BCUT2D eigenvalue weighted by Gasteiger charge is -2.25. The number of carbonyl (C=O) groups excluding carboxylic acids is 1. The van der Waals surface area contributed by atoms with E-state index in [1.165, 1.54) is 13.2 Å². The number of ether oxygens (including phenoxy) is 2. The van der Waals surface area contributed by atoms with Gasteiger partial charge in [-0.25, -0.2) is 0 Å². The van der Waals surface area contributed by atoms with Gasteiger partial charge in [-0.1, -0.05) is 27.0 Å². The van der Waals surface area contributed by atoms with Crippen LogP contribution >= 0.6 is 0 Å². The molecule has 102 valence electrons. The lowest BCUT2D eigenvalue weighted by molar-refractivity contribution is -0.118. The quantitative estimate of drug-likeness (QED) is 0.534. The smallest absolute Gasteiger partial charge is 0.223 e. The molecule has 0 aromatic carbocycles. The van der Waals surface area contributed by atoms with Gasteiger partial charge in [0.2, 0.25) is 5.91 Å². The summed E-state index contributed by atoms with van der Waals surface area (Å²) in [5, 5.41) is 2.57. The maximum absolute atomic E-state index is 11.0.